The van der Waals surface area contributed by atoms with Crippen molar-refractivity contribution in [2.75, 3.05) is 11.4 Å². The zero-order valence-corrected chi connectivity index (χ0v) is 15.4. The number of piperidine rings is 1. The molecule has 8 nitrogen and oxygen atoms in total. The summed E-state index contributed by atoms with van der Waals surface area (Å²) in [6.45, 7) is 0.624. The maximum atomic E-state index is 12.8. The van der Waals surface area contributed by atoms with Gasteiger partial charge >= 0.3 is 6.03 Å². The van der Waals surface area contributed by atoms with Crippen LogP contribution in [0.2, 0.25) is 0 Å². The van der Waals surface area contributed by atoms with Crippen LogP contribution in [0, 0.1) is 5.92 Å². The van der Waals surface area contributed by atoms with Crippen LogP contribution >= 0.6 is 11.3 Å². The van der Waals surface area contributed by atoms with E-state index in [4.69, 9.17) is 0 Å². The van der Waals surface area contributed by atoms with Gasteiger partial charge in [0.15, 0.2) is 5.82 Å². The molecule has 2 atom stereocenters. The molecule has 2 aromatic heterocycles. The van der Waals surface area contributed by atoms with Gasteiger partial charge in [-0.15, -0.1) is 11.3 Å². The predicted molar refractivity (Wildman–Crippen MR) is 97.8 cm³/mol. The van der Waals surface area contributed by atoms with Gasteiger partial charge in [-0.05, 0) is 31.6 Å². The fourth-order valence-electron chi connectivity index (χ4n) is 3.32. The SMILES string of the molecule is Cn1ccc(N2CCC[C@@H](NC(=O)N[C@H](c3nccs3)C3CC3)C2=O)n1. The van der Waals surface area contributed by atoms with E-state index >= 15 is 0 Å². The first kappa shape index (κ1) is 17.0. The Morgan fingerprint density at radius 2 is 2.23 bits per heavy atom. The van der Waals surface area contributed by atoms with Crippen molar-refractivity contribution in [2.24, 2.45) is 13.0 Å². The van der Waals surface area contributed by atoms with Crippen LogP contribution in [0.5, 0.6) is 0 Å². The molecule has 2 aromatic rings. The number of hydrogen-bond acceptors (Lipinski definition) is 5. The lowest BCUT2D eigenvalue weighted by Gasteiger charge is -2.31. The van der Waals surface area contributed by atoms with E-state index in [-0.39, 0.29) is 18.0 Å². The van der Waals surface area contributed by atoms with Crippen molar-refractivity contribution in [2.45, 2.75) is 37.8 Å². The average Bonchev–Trinajstić information content (AvgIpc) is 3.13. The molecule has 0 bridgehead atoms. The molecule has 1 aliphatic heterocycles. The number of hydrogen-bond donors (Lipinski definition) is 2. The van der Waals surface area contributed by atoms with Crippen LogP contribution in [0.25, 0.3) is 0 Å². The fourth-order valence-corrected chi connectivity index (χ4v) is 4.10. The van der Waals surface area contributed by atoms with E-state index < -0.39 is 6.04 Å². The topological polar surface area (TPSA) is 92.1 Å². The summed E-state index contributed by atoms with van der Waals surface area (Å²) in [6.07, 6.45) is 7.22. The summed E-state index contributed by atoms with van der Waals surface area (Å²) in [5, 5.41) is 13.0. The number of carbonyl (C=O) groups excluding carboxylic acids is 2. The van der Waals surface area contributed by atoms with Crippen LogP contribution in [-0.2, 0) is 11.8 Å². The van der Waals surface area contributed by atoms with Gasteiger partial charge in [0, 0.05) is 37.4 Å². The number of nitrogens with zero attached hydrogens (tertiary/aromatic N) is 4. The Hall–Kier alpha value is -2.42. The molecule has 4 rings (SSSR count). The van der Waals surface area contributed by atoms with E-state index in [2.05, 4.69) is 20.7 Å². The van der Waals surface area contributed by atoms with Crippen molar-refractivity contribution in [3.8, 4) is 0 Å². The second kappa shape index (κ2) is 7.06. The molecule has 26 heavy (non-hydrogen) atoms. The fraction of sp³-hybridized carbons (Fsp3) is 0.529. The molecule has 1 saturated carbocycles. The van der Waals surface area contributed by atoms with Crippen molar-refractivity contribution in [1.82, 2.24) is 25.4 Å². The monoisotopic (exact) mass is 374 g/mol. The molecule has 0 radical (unpaired) electrons. The molecule has 1 aliphatic carbocycles. The Bertz CT molecular complexity index is 785. The Kier molecular flexibility index (Phi) is 4.62. The van der Waals surface area contributed by atoms with Crippen LogP contribution in [-0.4, -0.2) is 39.3 Å². The van der Waals surface area contributed by atoms with Crippen LogP contribution in [0.1, 0.15) is 36.7 Å². The first-order valence-electron chi connectivity index (χ1n) is 8.89. The van der Waals surface area contributed by atoms with Gasteiger partial charge < -0.3 is 10.6 Å². The molecule has 2 N–H and O–H groups in total. The third-order valence-electron chi connectivity index (χ3n) is 4.82. The van der Waals surface area contributed by atoms with Crippen molar-refractivity contribution in [3.63, 3.8) is 0 Å². The second-order valence-electron chi connectivity index (χ2n) is 6.84. The number of aryl methyl sites for hydroxylation is 1. The van der Waals surface area contributed by atoms with E-state index in [1.807, 2.05) is 18.5 Å². The Morgan fingerprint density at radius 3 is 2.88 bits per heavy atom. The highest BCUT2D eigenvalue weighted by Gasteiger charge is 2.36. The Balaban J connectivity index is 1.39. The van der Waals surface area contributed by atoms with Crippen molar-refractivity contribution >= 4 is 29.1 Å². The molecule has 3 heterocycles. The van der Waals surface area contributed by atoms with Crippen molar-refractivity contribution < 1.29 is 9.59 Å². The summed E-state index contributed by atoms with van der Waals surface area (Å²) < 4.78 is 1.67. The van der Waals surface area contributed by atoms with Crippen molar-refractivity contribution in [1.29, 1.82) is 0 Å². The number of nitrogens with one attached hydrogen (secondary N) is 2. The maximum Gasteiger partial charge on any atom is 0.316 e. The van der Waals surface area contributed by atoms with E-state index in [1.54, 1.807) is 33.3 Å². The normalized spacial score (nSPS) is 21.5. The van der Waals surface area contributed by atoms with Crippen LogP contribution in [0.4, 0.5) is 10.6 Å². The molecule has 2 aliphatic rings. The summed E-state index contributed by atoms with van der Waals surface area (Å²) >= 11 is 1.55. The highest BCUT2D eigenvalue weighted by molar-refractivity contribution is 7.09. The number of thiazole rings is 1. The summed E-state index contributed by atoms with van der Waals surface area (Å²) in [5.74, 6) is 0.962. The second-order valence-corrected chi connectivity index (χ2v) is 7.76. The number of urea groups is 1. The molecule has 3 amide bonds. The highest BCUT2D eigenvalue weighted by atomic mass is 32.1. The quantitative estimate of drug-likeness (QED) is 0.835. The zero-order chi connectivity index (χ0) is 18.1. The molecule has 0 spiro atoms. The maximum absolute atomic E-state index is 12.8. The van der Waals surface area contributed by atoms with Gasteiger partial charge in [-0.1, -0.05) is 0 Å². The first-order chi connectivity index (χ1) is 12.6. The average molecular weight is 374 g/mol. The van der Waals surface area contributed by atoms with Crippen molar-refractivity contribution in [3.05, 3.63) is 28.8 Å². The smallest absolute Gasteiger partial charge is 0.316 e. The summed E-state index contributed by atoms with van der Waals surface area (Å²) in [5.41, 5.74) is 0. The lowest BCUT2D eigenvalue weighted by atomic mass is 10.0. The van der Waals surface area contributed by atoms with E-state index in [0.717, 1.165) is 24.3 Å². The zero-order valence-electron chi connectivity index (χ0n) is 14.6. The molecule has 1 saturated heterocycles. The number of carbonyl (C=O) groups is 2. The van der Waals surface area contributed by atoms with Gasteiger partial charge in [-0.25, -0.2) is 9.78 Å². The number of rotatable bonds is 5. The number of anilines is 1. The van der Waals surface area contributed by atoms with Gasteiger partial charge in [-0.2, -0.15) is 5.10 Å². The molecular weight excluding hydrogens is 352 g/mol. The van der Waals surface area contributed by atoms with Crippen LogP contribution in [0.15, 0.2) is 23.8 Å². The molecular formula is C17H22N6O2S. The standard InChI is InChI=1S/C17H22N6O2S/c1-22-9-6-13(21-22)23-8-2-3-12(16(23)24)19-17(25)20-14(11-4-5-11)15-18-7-10-26-15/h6-7,9-12,14H,2-5,8H2,1H3,(H2,19,20,25)/t12-,14+/m1/s1. The lowest BCUT2D eigenvalue weighted by Crippen LogP contribution is -2.55. The molecule has 0 unspecified atom stereocenters. The summed E-state index contributed by atoms with van der Waals surface area (Å²) in [4.78, 5) is 31.2. The van der Waals surface area contributed by atoms with Gasteiger partial charge in [0.2, 0.25) is 0 Å². The van der Waals surface area contributed by atoms with Crippen LogP contribution < -0.4 is 15.5 Å². The van der Waals surface area contributed by atoms with Gasteiger partial charge in [0.1, 0.15) is 11.0 Å². The molecule has 2 fully saturated rings. The minimum absolute atomic E-state index is 0.0689. The summed E-state index contributed by atoms with van der Waals surface area (Å²) in [7, 11) is 1.82. The first-order valence-corrected chi connectivity index (χ1v) is 9.77. The minimum Gasteiger partial charge on any atom is -0.329 e. The minimum atomic E-state index is -0.526. The molecule has 0 aromatic carbocycles. The van der Waals surface area contributed by atoms with E-state index in [9.17, 15) is 9.59 Å². The molecule has 9 heteroatoms. The third-order valence-corrected chi connectivity index (χ3v) is 5.68. The number of amides is 3. The Morgan fingerprint density at radius 1 is 1.38 bits per heavy atom. The molecule has 138 valence electrons. The lowest BCUT2D eigenvalue weighted by molar-refractivity contribution is -0.121. The third kappa shape index (κ3) is 3.57. The van der Waals surface area contributed by atoms with Gasteiger partial charge in [0.05, 0.1) is 6.04 Å². The largest absolute Gasteiger partial charge is 0.329 e. The number of aromatic nitrogens is 3. The summed E-state index contributed by atoms with van der Waals surface area (Å²) in [6, 6.07) is 0.909. The van der Waals surface area contributed by atoms with E-state index in [1.165, 1.54) is 0 Å². The van der Waals surface area contributed by atoms with Crippen LogP contribution in [0.3, 0.4) is 0 Å². The predicted octanol–water partition coefficient (Wildman–Crippen LogP) is 1.82. The Labute approximate surface area is 155 Å². The van der Waals surface area contributed by atoms with Gasteiger partial charge in [-0.3, -0.25) is 14.4 Å². The van der Waals surface area contributed by atoms with Gasteiger partial charge in [0.25, 0.3) is 5.91 Å². The highest BCUT2D eigenvalue weighted by Crippen LogP contribution is 2.41. The van der Waals surface area contributed by atoms with E-state index in [0.29, 0.717) is 24.7 Å².